The van der Waals surface area contributed by atoms with Gasteiger partial charge in [0.1, 0.15) is 6.04 Å². The Morgan fingerprint density at radius 3 is 1.54 bits per heavy atom. The number of H-pyrrole nitrogens is 2. The number of ketones is 1. The van der Waals surface area contributed by atoms with Gasteiger partial charge in [0.15, 0.2) is 5.78 Å². The number of carbonyl (C=O) groups excluding carboxylic acids is 9. The van der Waals surface area contributed by atoms with Gasteiger partial charge in [-0.2, -0.15) is 0 Å². The molecule has 0 aliphatic rings. The Morgan fingerprint density at radius 2 is 1.16 bits per heavy atom. The van der Waals surface area contributed by atoms with Crippen LogP contribution in [0.1, 0.15) is 132 Å². The standard InChI is InChI=1S/C19H32N6O7.C11H23N3O2.C9H17N.2C4H6N2/c1-19(2,3)17(31)11(4-6-13(20)27)24-16(30)9-23-18(32)12(5-7-14(21)28)25-15(29)8-22-10-26;1-8(5-6-9(12)15)14-10(16)7-13-11(2,3)4;1-5-8(3)7-10-9(4)6-2;2*1-4-2-5-3-6-4/h10-12H,4-9H2,1-3H3,(H2,20,27)(H2,21,28)(H,22,26)(H,23,32)(H,24,30)(H,25,29);8,13H,5-7H2,1-4H3,(H2,12,15)(H,14,16);6-7,10H,5H2,1-4H3;2*2-3H,1H3,(H,5,6)/b;;8-7?,9-6-;;/t11-,12-;8-;;;/m01.../s1. The summed E-state index contributed by atoms with van der Waals surface area (Å²) in [6.07, 6.45) is 12.8. The number of imidazole rings is 2. The topological polar surface area (TPSA) is 373 Å². The van der Waals surface area contributed by atoms with Crippen LogP contribution < -0.4 is 54.4 Å². The van der Waals surface area contributed by atoms with Crippen molar-refractivity contribution in [1.29, 1.82) is 0 Å². The molecular weight excluding hydrogens is 905 g/mol. The predicted molar refractivity (Wildman–Crippen MR) is 269 cm³/mol. The summed E-state index contributed by atoms with van der Waals surface area (Å²) in [5, 5.41) is 18.3. The first kappa shape index (κ1) is 67.4. The summed E-state index contributed by atoms with van der Waals surface area (Å²) in [5.41, 5.74) is 19.1. The molecule has 0 aromatic carbocycles. The van der Waals surface area contributed by atoms with E-state index in [1.54, 1.807) is 45.8 Å². The van der Waals surface area contributed by atoms with Crippen LogP contribution in [0.3, 0.4) is 0 Å². The minimum Gasteiger partial charge on any atom is -0.370 e. The highest BCUT2D eigenvalue weighted by molar-refractivity contribution is 5.95. The highest BCUT2D eigenvalue weighted by Crippen LogP contribution is 2.19. The van der Waals surface area contributed by atoms with Gasteiger partial charge in [-0.05, 0) is 94.2 Å². The first-order chi connectivity index (χ1) is 32.5. The van der Waals surface area contributed by atoms with E-state index in [2.05, 4.69) is 90.2 Å². The molecule has 0 fully saturated rings. The number of aromatic nitrogens is 4. The second-order valence-corrected chi connectivity index (χ2v) is 18.1. The molecule has 0 aliphatic carbocycles. The van der Waals surface area contributed by atoms with Gasteiger partial charge in [-0.3, -0.25) is 43.2 Å². The lowest BCUT2D eigenvalue weighted by Crippen LogP contribution is -2.52. The Hall–Kier alpha value is -6.91. The van der Waals surface area contributed by atoms with Gasteiger partial charge in [0.2, 0.25) is 47.8 Å². The maximum atomic E-state index is 12.5. The molecule has 0 unspecified atom stereocenters. The van der Waals surface area contributed by atoms with Gasteiger partial charge in [-0.1, -0.05) is 39.3 Å². The van der Waals surface area contributed by atoms with E-state index in [0.29, 0.717) is 19.3 Å². The van der Waals surface area contributed by atoms with E-state index >= 15 is 0 Å². The van der Waals surface area contributed by atoms with Crippen LogP contribution in [0.2, 0.25) is 0 Å². The van der Waals surface area contributed by atoms with E-state index in [1.165, 1.54) is 11.3 Å². The maximum Gasteiger partial charge on any atom is 0.243 e. The van der Waals surface area contributed by atoms with Crippen molar-refractivity contribution in [2.24, 2.45) is 22.6 Å². The molecule has 2 rings (SSSR count). The average Bonchev–Trinajstić information content (AvgIpc) is 3.98. The van der Waals surface area contributed by atoms with E-state index in [1.807, 2.05) is 48.5 Å². The molecule has 0 aliphatic heterocycles. The highest BCUT2D eigenvalue weighted by Gasteiger charge is 2.31. The fraction of sp³-hybridized carbons (Fsp3) is 0.596. The molecule has 2 heterocycles. The van der Waals surface area contributed by atoms with Crippen molar-refractivity contribution in [3.63, 3.8) is 0 Å². The lowest BCUT2D eigenvalue weighted by Gasteiger charge is -2.25. The molecule has 2 aromatic rings. The molecule has 8 amide bonds. The summed E-state index contributed by atoms with van der Waals surface area (Å²) < 4.78 is 0. The molecule has 396 valence electrons. The SMILES string of the molecule is C/C=C(/C)NC=C(C)CC.CC(C)(C)C(=O)[C@H](CCC(N)=O)NC(=O)CNC(=O)[C@H](CCC(N)=O)NC(=O)CNC=O.C[C@H](CCC(N)=O)NC(=O)CNC(C)(C)C.Cc1cnc[nH]1.Cc1cnc[nH]1. The smallest absolute Gasteiger partial charge is 0.243 e. The van der Waals surface area contributed by atoms with Crippen LogP contribution in [-0.2, 0) is 43.2 Å². The van der Waals surface area contributed by atoms with Crippen LogP contribution >= 0.6 is 0 Å². The lowest BCUT2D eigenvalue weighted by molar-refractivity contribution is -0.133. The number of aromatic amines is 2. The van der Waals surface area contributed by atoms with Gasteiger partial charge >= 0.3 is 0 Å². The minimum atomic E-state index is -1.18. The third kappa shape index (κ3) is 42.4. The number of nitrogens with zero attached hydrogens (tertiary/aromatic N) is 2. The number of nitrogens with two attached hydrogens (primary N) is 3. The Labute approximate surface area is 413 Å². The first-order valence-electron chi connectivity index (χ1n) is 22.9. The zero-order valence-electron chi connectivity index (χ0n) is 43.6. The van der Waals surface area contributed by atoms with Crippen molar-refractivity contribution in [3.05, 3.63) is 60.0 Å². The van der Waals surface area contributed by atoms with Gasteiger partial charge in [0.25, 0.3) is 0 Å². The molecule has 0 spiro atoms. The monoisotopic (exact) mass is 989 g/mol. The van der Waals surface area contributed by atoms with E-state index in [-0.39, 0.29) is 68.0 Å². The summed E-state index contributed by atoms with van der Waals surface area (Å²) >= 11 is 0. The summed E-state index contributed by atoms with van der Waals surface area (Å²) in [6, 6.07) is -2.19. The van der Waals surface area contributed by atoms with E-state index in [0.717, 1.165) is 17.8 Å². The van der Waals surface area contributed by atoms with Gasteiger partial charge in [0.05, 0.1) is 38.3 Å². The number of carbonyl (C=O) groups is 9. The van der Waals surface area contributed by atoms with Crippen LogP contribution in [0.15, 0.2) is 48.6 Å². The quantitative estimate of drug-likeness (QED) is 0.0662. The maximum absolute atomic E-state index is 12.5. The number of allylic oxidation sites excluding steroid dienone is 3. The zero-order valence-corrected chi connectivity index (χ0v) is 43.6. The molecule has 0 saturated heterocycles. The predicted octanol–water partition coefficient (Wildman–Crippen LogP) is 1.36. The summed E-state index contributed by atoms with van der Waals surface area (Å²) in [5.74, 6) is -4.19. The van der Waals surface area contributed by atoms with Gasteiger partial charge < -0.3 is 64.4 Å². The molecular formula is C47H84N14O9. The molecule has 23 nitrogen and oxygen atoms in total. The number of amides is 8. The van der Waals surface area contributed by atoms with Crippen molar-refractivity contribution in [2.45, 2.75) is 159 Å². The Bertz CT molecular complexity index is 1890. The third-order valence-electron chi connectivity index (χ3n) is 8.99. The van der Waals surface area contributed by atoms with Crippen LogP contribution in [0, 0.1) is 19.3 Å². The van der Waals surface area contributed by atoms with Crippen LogP contribution in [-0.4, -0.2) is 117 Å². The molecule has 0 bridgehead atoms. The Balaban J connectivity index is -0.000000959. The van der Waals surface area contributed by atoms with Crippen molar-refractivity contribution >= 4 is 53.5 Å². The molecule has 0 radical (unpaired) electrons. The van der Waals surface area contributed by atoms with Crippen molar-refractivity contribution < 1.29 is 43.2 Å². The number of hydrogen-bond donors (Lipinski definition) is 12. The number of nitrogens with one attached hydrogen (secondary N) is 9. The van der Waals surface area contributed by atoms with Crippen LogP contribution in [0.4, 0.5) is 0 Å². The van der Waals surface area contributed by atoms with Gasteiger partial charge in [-0.25, -0.2) is 9.97 Å². The van der Waals surface area contributed by atoms with E-state index in [4.69, 9.17) is 17.2 Å². The summed E-state index contributed by atoms with van der Waals surface area (Å²) in [4.78, 5) is 117. The fourth-order valence-corrected chi connectivity index (χ4v) is 4.72. The number of hydrogen-bond acceptors (Lipinski definition) is 13. The number of Topliss-reactive ketones (excluding diaryl/α,β-unsaturated/α-hetero) is 1. The molecule has 0 saturated carbocycles. The Kier molecular flexibility index (Phi) is 36.6. The normalized spacial score (nSPS) is 12.2. The second-order valence-electron chi connectivity index (χ2n) is 18.1. The third-order valence-corrected chi connectivity index (χ3v) is 8.99. The van der Waals surface area contributed by atoms with Gasteiger partial charge in [-0.15, -0.1) is 0 Å². The molecule has 23 heteroatoms. The summed E-state index contributed by atoms with van der Waals surface area (Å²) in [7, 11) is 0. The van der Waals surface area contributed by atoms with Crippen molar-refractivity contribution in [3.8, 4) is 0 Å². The highest BCUT2D eigenvalue weighted by atomic mass is 16.2. The molecule has 15 N–H and O–H groups in total. The van der Waals surface area contributed by atoms with E-state index in [9.17, 15) is 43.2 Å². The lowest BCUT2D eigenvalue weighted by atomic mass is 9.85. The van der Waals surface area contributed by atoms with Crippen molar-refractivity contribution in [1.82, 2.24) is 57.2 Å². The molecule has 3 atom stereocenters. The number of primary amides is 3. The van der Waals surface area contributed by atoms with E-state index < -0.39 is 53.6 Å². The van der Waals surface area contributed by atoms with Crippen LogP contribution in [0.5, 0.6) is 0 Å². The van der Waals surface area contributed by atoms with Gasteiger partial charge in [0, 0.05) is 65.7 Å². The minimum absolute atomic E-state index is 0.00610. The largest absolute Gasteiger partial charge is 0.370 e. The molecule has 2 aromatic heterocycles. The number of rotatable bonds is 24. The zero-order chi connectivity index (χ0) is 54.5. The first-order valence-corrected chi connectivity index (χ1v) is 22.9. The van der Waals surface area contributed by atoms with Crippen molar-refractivity contribution in [2.75, 3.05) is 19.6 Å². The number of aryl methyl sites for hydroxylation is 2. The second kappa shape index (κ2) is 38.0. The fourth-order valence-electron chi connectivity index (χ4n) is 4.72. The molecule has 70 heavy (non-hydrogen) atoms. The summed E-state index contributed by atoms with van der Waals surface area (Å²) in [6.45, 7) is 24.5. The Morgan fingerprint density at radius 1 is 0.700 bits per heavy atom. The van der Waals surface area contributed by atoms with Crippen LogP contribution in [0.25, 0.3) is 0 Å². The average molecular weight is 989 g/mol.